The van der Waals surface area contributed by atoms with E-state index in [0.717, 1.165) is 21.0 Å². The first-order valence-corrected chi connectivity index (χ1v) is 10.7. The highest BCUT2D eigenvalue weighted by Gasteiger charge is 2.28. The van der Waals surface area contributed by atoms with Crippen LogP contribution in [0.25, 0.3) is 0 Å². The average molecular weight is 423 g/mol. The van der Waals surface area contributed by atoms with Crippen molar-refractivity contribution in [1.82, 2.24) is 10.4 Å². The zero-order chi connectivity index (χ0) is 21.6. The van der Waals surface area contributed by atoms with E-state index in [4.69, 9.17) is 0 Å². The van der Waals surface area contributed by atoms with Crippen LogP contribution in [0, 0.1) is 13.8 Å². The van der Waals surface area contributed by atoms with Gasteiger partial charge in [-0.05, 0) is 55.3 Å². The molecule has 0 saturated carbocycles. The molecule has 0 aliphatic heterocycles. The summed E-state index contributed by atoms with van der Waals surface area (Å²) in [7, 11) is -3.95. The molecule has 0 saturated heterocycles. The molecule has 8 heteroatoms. The van der Waals surface area contributed by atoms with Crippen LogP contribution in [0.2, 0.25) is 0 Å². The molecule has 2 aromatic carbocycles. The number of anilines is 1. The maximum absolute atomic E-state index is 13.3. The summed E-state index contributed by atoms with van der Waals surface area (Å²) in [5.74, 6) is -0.556. The Bertz CT molecular complexity index is 1150. The molecule has 0 bridgehead atoms. The van der Waals surface area contributed by atoms with Crippen LogP contribution in [0.1, 0.15) is 16.7 Å². The zero-order valence-electron chi connectivity index (χ0n) is 16.7. The number of carbonyl (C=O) groups excluding carboxylic acids is 1. The van der Waals surface area contributed by atoms with Gasteiger partial charge in [0, 0.05) is 12.4 Å². The summed E-state index contributed by atoms with van der Waals surface area (Å²) >= 11 is 0. The van der Waals surface area contributed by atoms with Gasteiger partial charge in [-0.25, -0.2) is 13.8 Å². The van der Waals surface area contributed by atoms with Gasteiger partial charge in [0.1, 0.15) is 6.54 Å². The van der Waals surface area contributed by atoms with Crippen molar-refractivity contribution in [2.24, 2.45) is 5.10 Å². The van der Waals surface area contributed by atoms with Crippen LogP contribution in [0.3, 0.4) is 0 Å². The summed E-state index contributed by atoms with van der Waals surface area (Å²) in [5, 5.41) is 3.91. The summed E-state index contributed by atoms with van der Waals surface area (Å²) < 4.78 is 27.7. The van der Waals surface area contributed by atoms with Crippen LogP contribution in [-0.4, -0.2) is 32.1 Å². The van der Waals surface area contributed by atoms with E-state index in [1.165, 1.54) is 18.3 Å². The maximum atomic E-state index is 13.3. The number of carbonyl (C=O) groups is 1. The number of rotatable bonds is 7. The molecule has 3 aromatic rings. The number of aryl methyl sites for hydroxylation is 2. The minimum absolute atomic E-state index is 0.109. The first-order chi connectivity index (χ1) is 14.4. The van der Waals surface area contributed by atoms with Gasteiger partial charge >= 0.3 is 0 Å². The van der Waals surface area contributed by atoms with Crippen molar-refractivity contribution in [3.63, 3.8) is 0 Å². The minimum atomic E-state index is -3.95. The highest BCUT2D eigenvalue weighted by molar-refractivity contribution is 7.92. The van der Waals surface area contributed by atoms with Gasteiger partial charge in [-0.1, -0.05) is 35.9 Å². The Hall–Kier alpha value is -3.52. The third-order valence-corrected chi connectivity index (χ3v) is 6.12. The fraction of sp³-hybridized carbons (Fsp3) is 0.136. The van der Waals surface area contributed by atoms with Gasteiger partial charge in [-0.2, -0.15) is 5.10 Å². The Morgan fingerprint density at radius 2 is 1.77 bits per heavy atom. The van der Waals surface area contributed by atoms with E-state index in [1.807, 2.05) is 26.0 Å². The lowest BCUT2D eigenvalue weighted by molar-refractivity contribution is -0.119. The van der Waals surface area contributed by atoms with Crippen molar-refractivity contribution in [3.05, 3.63) is 89.7 Å². The number of nitrogens with zero attached hydrogens (tertiary/aromatic N) is 3. The molecule has 0 radical (unpaired) electrons. The lowest BCUT2D eigenvalue weighted by Gasteiger charge is -2.25. The van der Waals surface area contributed by atoms with E-state index in [0.29, 0.717) is 5.69 Å². The molecule has 0 unspecified atom stereocenters. The molecule has 30 heavy (non-hydrogen) atoms. The monoisotopic (exact) mass is 422 g/mol. The molecule has 0 atom stereocenters. The number of hydrazone groups is 1. The Morgan fingerprint density at radius 3 is 2.43 bits per heavy atom. The fourth-order valence-corrected chi connectivity index (χ4v) is 4.41. The highest BCUT2D eigenvalue weighted by atomic mass is 32.2. The minimum Gasteiger partial charge on any atom is -0.271 e. The first-order valence-electron chi connectivity index (χ1n) is 9.25. The van der Waals surface area contributed by atoms with Gasteiger partial charge in [0.05, 0.1) is 16.8 Å². The molecular formula is C22H22N4O3S. The number of amides is 1. The Kier molecular flexibility index (Phi) is 6.58. The van der Waals surface area contributed by atoms with E-state index in [2.05, 4.69) is 15.5 Å². The smallest absolute Gasteiger partial charge is 0.264 e. The van der Waals surface area contributed by atoms with Crippen LogP contribution < -0.4 is 9.73 Å². The number of hydrogen-bond acceptors (Lipinski definition) is 5. The topological polar surface area (TPSA) is 91.7 Å². The summed E-state index contributed by atoms with van der Waals surface area (Å²) in [5.41, 5.74) is 5.34. The Balaban J connectivity index is 1.88. The Labute approximate surface area is 176 Å². The summed E-state index contributed by atoms with van der Waals surface area (Å²) in [6.45, 7) is 3.33. The normalized spacial score (nSPS) is 11.4. The highest BCUT2D eigenvalue weighted by Crippen LogP contribution is 2.27. The van der Waals surface area contributed by atoms with Crippen molar-refractivity contribution < 1.29 is 13.2 Å². The van der Waals surface area contributed by atoms with Crippen molar-refractivity contribution in [1.29, 1.82) is 0 Å². The summed E-state index contributed by atoms with van der Waals surface area (Å²) in [4.78, 5) is 16.5. The number of pyridine rings is 1. The molecule has 1 N–H and O–H groups in total. The number of aromatic nitrogens is 1. The standard InChI is InChI=1S/C22H22N4O3S/c1-17-8-9-21(18(2)14-17)26(30(28,29)20-6-4-3-5-7-20)16-22(27)25-24-15-19-10-12-23-13-11-19/h3-15H,16H2,1-2H3,(H,25,27)/b24-15-. The molecule has 1 amide bonds. The largest absolute Gasteiger partial charge is 0.271 e. The van der Waals surface area contributed by atoms with Crippen molar-refractivity contribution in [2.75, 3.05) is 10.8 Å². The fourth-order valence-electron chi connectivity index (χ4n) is 2.90. The third kappa shape index (κ3) is 5.09. The van der Waals surface area contributed by atoms with E-state index in [9.17, 15) is 13.2 Å². The summed E-state index contributed by atoms with van der Waals surface area (Å²) in [6, 6.07) is 16.9. The quantitative estimate of drug-likeness (QED) is 0.468. The van der Waals surface area contributed by atoms with E-state index in [1.54, 1.807) is 48.8 Å². The number of hydrogen-bond donors (Lipinski definition) is 1. The predicted octanol–water partition coefficient (Wildman–Crippen LogP) is 3.04. The number of sulfonamides is 1. The molecule has 1 heterocycles. The Morgan fingerprint density at radius 1 is 1.07 bits per heavy atom. The van der Waals surface area contributed by atoms with Gasteiger partial charge < -0.3 is 0 Å². The molecule has 1 aromatic heterocycles. The van der Waals surface area contributed by atoms with E-state index >= 15 is 0 Å². The zero-order valence-corrected chi connectivity index (χ0v) is 17.5. The SMILES string of the molecule is Cc1ccc(N(CC(=O)N/N=C\c2ccncc2)S(=O)(=O)c2ccccc2)c(C)c1. The first kappa shape index (κ1) is 21.2. The average Bonchev–Trinajstić information content (AvgIpc) is 2.74. The van der Waals surface area contributed by atoms with Gasteiger partial charge in [0.15, 0.2) is 0 Å². The lowest BCUT2D eigenvalue weighted by atomic mass is 10.1. The molecule has 0 fully saturated rings. The van der Waals surface area contributed by atoms with Crippen molar-refractivity contribution in [2.45, 2.75) is 18.7 Å². The van der Waals surface area contributed by atoms with E-state index in [-0.39, 0.29) is 4.90 Å². The molecule has 3 rings (SSSR count). The second kappa shape index (κ2) is 9.32. The van der Waals surface area contributed by atoms with Gasteiger partial charge in [-0.3, -0.25) is 14.1 Å². The maximum Gasteiger partial charge on any atom is 0.264 e. The number of nitrogens with one attached hydrogen (secondary N) is 1. The van der Waals surface area contributed by atoms with Gasteiger partial charge in [0.25, 0.3) is 15.9 Å². The van der Waals surface area contributed by atoms with Gasteiger partial charge in [0.2, 0.25) is 0 Å². The molecule has 7 nitrogen and oxygen atoms in total. The van der Waals surface area contributed by atoms with Crippen LogP contribution in [0.15, 0.2) is 83.1 Å². The lowest BCUT2D eigenvalue weighted by Crippen LogP contribution is -2.40. The molecule has 0 spiro atoms. The molecule has 154 valence electrons. The van der Waals surface area contributed by atoms with Crippen LogP contribution in [0.5, 0.6) is 0 Å². The third-order valence-electron chi connectivity index (χ3n) is 4.35. The second-order valence-corrected chi connectivity index (χ2v) is 8.55. The van der Waals surface area contributed by atoms with Crippen LogP contribution >= 0.6 is 0 Å². The molecule has 0 aliphatic rings. The second-order valence-electron chi connectivity index (χ2n) is 6.69. The summed E-state index contributed by atoms with van der Waals surface area (Å²) in [6.07, 6.45) is 4.68. The van der Waals surface area contributed by atoms with E-state index < -0.39 is 22.5 Å². The van der Waals surface area contributed by atoms with Crippen LogP contribution in [0.4, 0.5) is 5.69 Å². The van der Waals surface area contributed by atoms with Crippen molar-refractivity contribution in [3.8, 4) is 0 Å². The number of benzene rings is 2. The predicted molar refractivity (Wildman–Crippen MR) is 117 cm³/mol. The molecular weight excluding hydrogens is 400 g/mol. The molecule has 0 aliphatic carbocycles. The van der Waals surface area contributed by atoms with Crippen LogP contribution in [-0.2, 0) is 14.8 Å². The van der Waals surface area contributed by atoms with Crippen molar-refractivity contribution >= 4 is 27.8 Å². The van der Waals surface area contributed by atoms with Gasteiger partial charge in [-0.15, -0.1) is 0 Å².